The third-order valence-electron chi connectivity index (χ3n) is 4.25. The van der Waals surface area contributed by atoms with Crippen LogP contribution >= 0.6 is 0 Å². The molecule has 1 aliphatic rings. The van der Waals surface area contributed by atoms with Crippen LogP contribution in [0.15, 0.2) is 29.1 Å². The maximum atomic E-state index is 12.4. The number of fused-ring (bicyclic) bond motifs is 1. The first-order valence-corrected chi connectivity index (χ1v) is 7.37. The van der Waals surface area contributed by atoms with Crippen molar-refractivity contribution < 1.29 is 5.11 Å². The number of aliphatic hydroxyl groups is 1. The lowest BCUT2D eigenvalue weighted by Gasteiger charge is -2.34. The van der Waals surface area contributed by atoms with Gasteiger partial charge in [0.1, 0.15) is 5.52 Å². The smallest absolute Gasteiger partial charge is 0.278 e. The number of hydrogen-bond acceptors (Lipinski definition) is 5. The van der Waals surface area contributed by atoms with Crippen molar-refractivity contribution in [3.63, 3.8) is 0 Å². The number of likely N-dealkylation sites (N-methyl/N-ethyl adjacent to an activating group) is 1. The maximum absolute atomic E-state index is 12.4. The Morgan fingerprint density at radius 3 is 2.90 bits per heavy atom. The summed E-state index contributed by atoms with van der Waals surface area (Å²) in [4.78, 5) is 14.4. The highest BCUT2D eigenvalue weighted by Crippen LogP contribution is 2.22. The molecule has 1 N–H and O–H groups in total. The molecule has 0 saturated heterocycles. The second kappa shape index (κ2) is 5.91. The van der Waals surface area contributed by atoms with Gasteiger partial charge in [0.15, 0.2) is 0 Å². The minimum absolute atomic E-state index is 0.0823. The summed E-state index contributed by atoms with van der Waals surface area (Å²) in [5.74, 6) is 0. The molecule has 6 nitrogen and oxygen atoms in total. The van der Waals surface area contributed by atoms with Gasteiger partial charge < -0.3 is 5.11 Å². The van der Waals surface area contributed by atoms with E-state index in [4.69, 9.17) is 0 Å². The molecule has 2 atom stereocenters. The Bertz CT molecular complexity index is 685. The molecule has 1 aromatic carbocycles. The number of aliphatic hydroxyl groups excluding tert-OH is 1. The van der Waals surface area contributed by atoms with Crippen molar-refractivity contribution >= 4 is 10.9 Å². The predicted octanol–water partition coefficient (Wildman–Crippen LogP) is 0.984. The van der Waals surface area contributed by atoms with Crippen LogP contribution in [-0.2, 0) is 6.67 Å². The fraction of sp³-hybridized carbons (Fsp3) is 0.533. The summed E-state index contributed by atoms with van der Waals surface area (Å²) in [7, 11) is 1.92. The topological polar surface area (TPSA) is 71.2 Å². The Kier molecular flexibility index (Phi) is 3.98. The quantitative estimate of drug-likeness (QED) is 0.911. The van der Waals surface area contributed by atoms with Gasteiger partial charge in [-0.15, -0.1) is 5.10 Å². The molecule has 1 saturated carbocycles. The number of rotatable bonds is 3. The second-order valence-corrected chi connectivity index (χ2v) is 5.73. The van der Waals surface area contributed by atoms with Crippen LogP contribution in [0, 0.1) is 0 Å². The fourth-order valence-corrected chi connectivity index (χ4v) is 3.04. The van der Waals surface area contributed by atoms with Crippen molar-refractivity contribution in [1.82, 2.24) is 19.9 Å². The number of benzene rings is 1. The van der Waals surface area contributed by atoms with Gasteiger partial charge in [-0.3, -0.25) is 9.69 Å². The van der Waals surface area contributed by atoms with Crippen LogP contribution in [0.25, 0.3) is 10.9 Å². The molecule has 1 heterocycles. The predicted molar refractivity (Wildman–Crippen MR) is 79.8 cm³/mol. The van der Waals surface area contributed by atoms with E-state index in [-0.39, 0.29) is 17.7 Å². The fourth-order valence-electron chi connectivity index (χ4n) is 3.04. The Labute approximate surface area is 123 Å². The molecule has 0 aliphatic heterocycles. The third-order valence-corrected chi connectivity index (χ3v) is 4.25. The van der Waals surface area contributed by atoms with Gasteiger partial charge in [-0.2, -0.15) is 4.68 Å². The Hall–Kier alpha value is -1.79. The molecule has 1 aliphatic carbocycles. The Morgan fingerprint density at radius 1 is 1.33 bits per heavy atom. The summed E-state index contributed by atoms with van der Waals surface area (Å²) in [6.45, 7) is 0.346. The molecule has 2 unspecified atom stereocenters. The zero-order valence-corrected chi connectivity index (χ0v) is 12.1. The lowest BCUT2D eigenvalue weighted by molar-refractivity contribution is 0.0158. The van der Waals surface area contributed by atoms with Crippen LogP contribution in [0.5, 0.6) is 0 Å². The average Bonchev–Trinajstić information content (AvgIpc) is 2.51. The minimum atomic E-state index is -0.326. The van der Waals surface area contributed by atoms with Crippen molar-refractivity contribution in [2.45, 2.75) is 44.5 Å². The highest BCUT2D eigenvalue weighted by atomic mass is 16.3. The highest BCUT2D eigenvalue weighted by molar-refractivity contribution is 5.76. The summed E-state index contributed by atoms with van der Waals surface area (Å²) < 4.78 is 1.36. The first kappa shape index (κ1) is 14.2. The molecule has 0 amide bonds. The van der Waals surface area contributed by atoms with Crippen LogP contribution in [0.2, 0.25) is 0 Å². The molecule has 112 valence electrons. The van der Waals surface area contributed by atoms with Crippen molar-refractivity contribution in [3.05, 3.63) is 34.6 Å². The SMILES string of the molecule is CN(Cn1nnc2ccccc2c1=O)C1CCCCC1O. The second-order valence-electron chi connectivity index (χ2n) is 5.73. The summed E-state index contributed by atoms with van der Waals surface area (Å²) >= 11 is 0. The molecule has 6 heteroatoms. The van der Waals surface area contributed by atoms with Crippen LogP contribution in [0.1, 0.15) is 25.7 Å². The highest BCUT2D eigenvalue weighted by Gasteiger charge is 2.27. The van der Waals surface area contributed by atoms with Gasteiger partial charge in [-0.25, -0.2) is 0 Å². The molecule has 0 bridgehead atoms. The summed E-state index contributed by atoms with van der Waals surface area (Å²) in [6.07, 6.45) is 3.64. The van der Waals surface area contributed by atoms with Gasteiger partial charge in [0.05, 0.1) is 18.2 Å². The number of nitrogens with zero attached hydrogens (tertiary/aromatic N) is 4. The Morgan fingerprint density at radius 2 is 2.10 bits per heavy atom. The van der Waals surface area contributed by atoms with E-state index in [1.54, 1.807) is 12.1 Å². The third kappa shape index (κ3) is 2.82. The normalized spacial score (nSPS) is 22.8. The van der Waals surface area contributed by atoms with Crippen molar-refractivity contribution in [2.24, 2.45) is 0 Å². The number of aromatic nitrogens is 3. The van der Waals surface area contributed by atoms with Crippen LogP contribution < -0.4 is 5.56 Å². The van der Waals surface area contributed by atoms with E-state index in [9.17, 15) is 9.90 Å². The average molecular weight is 288 g/mol. The van der Waals surface area contributed by atoms with E-state index < -0.39 is 0 Å². The van der Waals surface area contributed by atoms with Crippen molar-refractivity contribution in [1.29, 1.82) is 0 Å². The molecule has 1 fully saturated rings. The zero-order chi connectivity index (χ0) is 14.8. The lowest BCUT2D eigenvalue weighted by atomic mass is 9.92. The van der Waals surface area contributed by atoms with E-state index >= 15 is 0 Å². The molecule has 2 aromatic rings. The van der Waals surface area contributed by atoms with Gasteiger partial charge in [0.25, 0.3) is 5.56 Å². The summed E-state index contributed by atoms with van der Waals surface area (Å²) in [5, 5.41) is 18.7. The van der Waals surface area contributed by atoms with Gasteiger partial charge >= 0.3 is 0 Å². The molecule has 3 rings (SSSR count). The summed E-state index contributed by atoms with van der Waals surface area (Å²) in [5.41, 5.74) is 0.469. The maximum Gasteiger partial charge on any atom is 0.278 e. The van der Waals surface area contributed by atoms with E-state index in [0.717, 1.165) is 25.7 Å². The lowest BCUT2D eigenvalue weighted by Crippen LogP contribution is -2.45. The van der Waals surface area contributed by atoms with Gasteiger partial charge in [0, 0.05) is 6.04 Å². The zero-order valence-electron chi connectivity index (χ0n) is 12.1. The largest absolute Gasteiger partial charge is 0.391 e. The molecule has 0 radical (unpaired) electrons. The first-order chi connectivity index (χ1) is 10.2. The van der Waals surface area contributed by atoms with E-state index in [2.05, 4.69) is 10.3 Å². The van der Waals surface area contributed by atoms with Gasteiger partial charge in [-0.05, 0) is 32.0 Å². The molecule has 0 spiro atoms. The van der Waals surface area contributed by atoms with Gasteiger partial charge in [0.2, 0.25) is 0 Å². The van der Waals surface area contributed by atoms with Crippen molar-refractivity contribution in [2.75, 3.05) is 7.05 Å². The molecular weight excluding hydrogens is 268 g/mol. The Balaban J connectivity index is 1.84. The van der Waals surface area contributed by atoms with Crippen molar-refractivity contribution in [3.8, 4) is 0 Å². The van der Waals surface area contributed by atoms with Gasteiger partial charge in [-0.1, -0.05) is 30.2 Å². The van der Waals surface area contributed by atoms with Crippen LogP contribution in [-0.4, -0.2) is 44.2 Å². The monoisotopic (exact) mass is 288 g/mol. The minimum Gasteiger partial charge on any atom is -0.391 e. The first-order valence-electron chi connectivity index (χ1n) is 7.37. The van der Waals surface area contributed by atoms with E-state index in [0.29, 0.717) is 17.6 Å². The number of hydrogen-bond donors (Lipinski definition) is 1. The molecular formula is C15H20N4O2. The summed E-state index contributed by atoms with van der Waals surface area (Å²) in [6, 6.07) is 7.29. The van der Waals surface area contributed by atoms with E-state index in [1.165, 1.54) is 4.68 Å². The van der Waals surface area contributed by atoms with Crippen LogP contribution in [0.4, 0.5) is 0 Å². The van der Waals surface area contributed by atoms with E-state index in [1.807, 2.05) is 24.1 Å². The molecule has 1 aromatic heterocycles. The standard InChI is InChI=1S/C15H20N4O2/c1-18(13-8-4-5-9-14(13)20)10-19-15(21)11-6-2-3-7-12(11)16-17-19/h2-3,6-7,13-14,20H,4-5,8-10H2,1H3. The molecule has 21 heavy (non-hydrogen) atoms. The van der Waals surface area contributed by atoms with Crippen LogP contribution in [0.3, 0.4) is 0 Å².